The predicted octanol–water partition coefficient (Wildman–Crippen LogP) is 0.910. The smallest absolute Gasteiger partial charge is 0.301 e. The number of nitro benzene ring substituents is 2. The van der Waals surface area contributed by atoms with Gasteiger partial charge in [0.05, 0.1) is 41.9 Å². The summed E-state index contributed by atoms with van der Waals surface area (Å²) in [7, 11) is 0. The molecule has 0 aliphatic carbocycles. The molecule has 0 aliphatic rings. The summed E-state index contributed by atoms with van der Waals surface area (Å²) in [4.78, 5) is 19.9. The molecule has 1 aromatic carbocycles. The first-order valence-corrected chi connectivity index (χ1v) is 5.45. The van der Waals surface area contributed by atoms with Gasteiger partial charge in [-0.1, -0.05) is 0 Å². The van der Waals surface area contributed by atoms with E-state index in [9.17, 15) is 20.2 Å². The van der Waals surface area contributed by atoms with Crippen LogP contribution in [0.2, 0.25) is 0 Å². The Morgan fingerprint density at radius 2 is 2.10 bits per heavy atom. The van der Waals surface area contributed by atoms with Crippen molar-refractivity contribution < 1.29 is 19.7 Å². The van der Waals surface area contributed by atoms with Gasteiger partial charge in [0, 0.05) is 6.07 Å². The molecule has 0 amide bonds. The summed E-state index contributed by atoms with van der Waals surface area (Å²) < 4.78 is 4.89. The number of benzene rings is 1. The third-order valence-electron chi connectivity index (χ3n) is 2.09. The predicted molar refractivity (Wildman–Crippen MR) is 69.8 cm³/mol. The first-order valence-electron chi connectivity index (χ1n) is 5.45. The second-order valence-electron chi connectivity index (χ2n) is 3.44. The van der Waals surface area contributed by atoms with E-state index in [0.717, 1.165) is 12.1 Å². The van der Waals surface area contributed by atoms with Crippen LogP contribution in [0.1, 0.15) is 0 Å². The van der Waals surface area contributed by atoms with Gasteiger partial charge < -0.3 is 9.84 Å². The molecule has 0 aromatic heterocycles. The fraction of sp³-hybridized carbons (Fsp3) is 0.300. The summed E-state index contributed by atoms with van der Waals surface area (Å²) in [5.74, 6) is 0. The minimum atomic E-state index is -0.743. The maximum absolute atomic E-state index is 10.8. The van der Waals surface area contributed by atoms with Crippen LogP contribution in [0.5, 0.6) is 0 Å². The molecule has 1 aromatic rings. The lowest BCUT2D eigenvalue weighted by Crippen LogP contribution is -2.03. The van der Waals surface area contributed by atoms with E-state index in [2.05, 4.69) is 10.5 Å². The van der Waals surface area contributed by atoms with Gasteiger partial charge in [-0.15, -0.1) is 0 Å². The molecule has 0 saturated heterocycles. The summed E-state index contributed by atoms with van der Waals surface area (Å²) in [6.45, 7) is 0.160. The van der Waals surface area contributed by atoms with E-state index in [-0.39, 0.29) is 31.2 Å². The second kappa shape index (κ2) is 7.76. The summed E-state index contributed by atoms with van der Waals surface area (Å²) in [5.41, 5.74) is 1.60. The van der Waals surface area contributed by atoms with Gasteiger partial charge in [0.1, 0.15) is 5.69 Å². The number of nitrogens with zero attached hydrogens (tertiary/aromatic N) is 3. The minimum Gasteiger partial charge on any atom is -0.394 e. The summed E-state index contributed by atoms with van der Waals surface area (Å²) in [5, 5.41) is 33.5. The van der Waals surface area contributed by atoms with Crippen molar-refractivity contribution in [1.82, 2.24) is 0 Å². The first-order chi connectivity index (χ1) is 9.56. The standard InChI is InChI=1S/C10H12N4O6/c15-4-6-20-5-3-11-12-9-2-1-8(13(16)17)7-10(9)14(18)19/h1-3,7,12,15H,4-6H2. The Balaban J connectivity index is 2.74. The molecule has 10 nitrogen and oxygen atoms in total. The minimum absolute atomic E-state index is 0.0269. The first kappa shape index (κ1) is 15.5. The Morgan fingerprint density at radius 1 is 1.35 bits per heavy atom. The van der Waals surface area contributed by atoms with Crippen LogP contribution in [0.3, 0.4) is 0 Å². The van der Waals surface area contributed by atoms with E-state index < -0.39 is 15.5 Å². The van der Waals surface area contributed by atoms with Gasteiger partial charge in [0.15, 0.2) is 0 Å². The maximum Gasteiger partial charge on any atom is 0.301 e. The average Bonchev–Trinajstić information content (AvgIpc) is 2.42. The molecule has 0 atom stereocenters. The van der Waals surface area contributed by atoms with Crippen molar-refractivity contribution in [3.63, 3.8) is 0 Å². The molecule has 20 heavy (non-hydrogen) atoms. The largest absolute Gasteiger partial charge is 0.394 e. The number of nitro groups is 2. The van der Waals surface area contributed by atoms with Gasteiger partial charge >= 0.3 is 5.69 Å². The monoisotopic (exact) mass is 284 g/mol. The van der Waals surface area contributed by atoms with Crippen molar-refractivity contribution in [2.45, 2.75) is 0 Å². The Hall–Kier alpha value is -2.59. The molecular formula is C10H12N4O6. The van der Waals surface area contributed by atoms with Crippen molar-refractivity contribution in [1.29, 1.82) is 0 Å². The van der Waals surface area contributed by atoms with Crippen LogP contribution in [-0.4, -0.2) is 41.0 Å². The molecule has 0 radical (unpaired) electrons. The third-order valence-corrected chi connectivity index (χ3v) is 2.09. The van der Waals surface area contributed by atoms with Gasteiger partial charge in [-0.25, -0.2) is 0 Å². The summed E-state index contributed by atoms with van der Waals surface area (Å²) >= 11 is 0. The highest BCUT2D eigenvalue weighted by atomic mass is 16.6. The topological polar surface area (TPSA) is 140 Å². The van der Waals surface area contributed by atoms with Gasteiger partial charge in [-0.2, -0.15) is 5.10 Å². The molecular weight excluding hydrogens is 272 g/mol. The average molecular weight is 284 g/mol. The molecule has 1 rings (SSSR count). The SMILES string of the molecule is O=[N+]([O-])c1ccc(NN=CCOCCO)c([N+](=O)[O-])c1. The van der Waals surface area contributed by atoms with Gasteiger partial charge in [-0.3, -0.25) is 25.7 Å². The van der Waals surface area contributed by atoms with E-state index in [1.807, 2.05) is 0 Å². The number of nitrogens with one attached hydrogen (secondary N) is 1. The number of hydrogen-bond donors (Lipinski definition) is 2. The highest BCUT2D eigenvalue weighted by molar-refractivity contribution is 5.67. The third kappa shape index (κ3) is 4.59. The molecule has 2 N–H and O–H groups in total. The van der Waals surface area contributed by atoms with E-state index >= 15 is 0 Å². The molecule has 10 heteroatoms. The van der Waals surface area contributed by atoms with Crippen LogP contribution in [0, 0.1) is 20.2 Å². The fourth-order valence-electron chi connectivity index (χ4n) is 1.23. The summed E-state index contributed by atoms with van der Waals surface area (Å²) in [6, 6.07) is 3.18. The van der Waals surface area contributed by atoms with Gasteiger partial charge in [-0.05, 0) is 6.07 Å². The Kier molecular flexibility index (Phi) is 6.00. The van der Waals surface area contributed by atoms with Crippen LogP contribution in [-0.2, 0) is 4.74 Å². The number of non-ortho nitro benzene ring substituents is 1. The number of aliphatic hydroxyl groups excluding tert-OH is 1. The lowest BCUT2D eigenvalue weighted by atomic mass is 10.2. The quantitative estimate of drug-likeness (QED) is 0.313. The van der Waals surface area contributed by atoms with Crippen LogP contribution in [0.15, 0.2) is 23.3 Å². The fourth-order valence-corrected chi connectivity index (χ4v) is 1.23. The second-order valence-corrected chi connectivity index (χ2v) is 3.44. The number of ether oxygens (including phenoxy) is 1. The molecule has 0 unspecified atom stereocenters. The van der Waals surface area contributed by atoms with Crippen molar-refractivity contribution in [2.75, 3.05) is 25.2 Å². The normalized spacial score (nSPS) is 10.7. The molecule has 108 valence electrons. The van der Waals surface area contributed by atoms with Crippen LogP contribution in [0.4, 0.5) is 17.1 Å². The van der Waals surface area contributed by atoms with Crippen molar-refractivity contribution in [3.05, 3.63) is 38.4 Å². The van der Waals surface area contributed by atoms with Crippen molar-refractivity contribution in [2.24, 2.45) is 5.10 Å². The number of hydrazone groups is 1. The van der Waals surface area contributed by atoms with E-state index in [4.69, 9.17) is 9.84 Å². The highest BCUT2D eigenvalue weighted by Crippen LogP contribution is 2.28. The molecule has 0 aliphatic heterocycles. The maximum atomic E-state index is 10.8. The zero-order chi connectivity index (χ0) is 15.0. The number of rotatable bonds is 8. The lowest BCUT2D eigenvalue weighted by molar-refractivity contribution is -0.393. The lowest BCUT2D eigenvalue weighted by Gasteiger charge is -2.02. The van der Waals surface area contributed by atoms with Crippen molar-refractivity contribution >= 4 is 23.3 Å². The Labute approximate surface area is 113 Å². The molecule has 0 fully saturated rings. The Bertz CT molecular complexity index is 518. The zero-order valence-electron chi connectivity index (χ0n) is 10.3. The molecule has 0 saturated carbocycles. The number of anilines is 1. The van der Waals surface area contributed by atoms with E-state index in [0.29, 0.717) is 0 Å². The summed E-state index contributed by atoms with van der Waals surface area (Å²) in [6.07, 6.45) is 1.31. The van der Waals surface area contributed by atoms with E-state index in [1.165, 1.54) is 12.3 Å². The van der Waals surface area contributed by atoms with Crippen LogP contribution in [0.25, 0.3) is 0 Å². The zero-order valence-corrected chi connectivity index (χ0v) is 10.3. The molecule has 0 bridgehead atoms. The van der Waals surface area contributed by atoms with Gasteiger partial charge in [0.2, 0.25) is 0 Å². The number of hydrogen-bond acceptors (Lipinski definition) is 8. The molecule has 0 spiro atoms. The number of aliphatic hydroxyl groups is 1. The Morgan fingerprint density at radius 3 is 2.70 bits per heavy atom. The van der Waals surface area contributed by atoms with Crippen LogP contribution < -0.4 is 5.43 Å². The van der Waals surface area contributed by atoms with E-state index in [1.54, 1.807) is 0 Å². The molecule has 0 heterocycles. The van der Waals surface area contributed by atoms with Gasteiger partial charge in [0.25, 0.3) is 5.69 Å². The van der Waals surface area contributed by atoms with Crippen LogP contribution >= 0.6 is 0 Å². The highest BCUT2D eigenvalue weighted by Gasteiger charge is 2.18. The van der Waals surface area contributed by atoms with Crippen molar-refractivity contribution in [3.8, 4) is 0 Å².